The van der Waals surface area contributed by atoms with Crippen molar-refractivity contribution < 1.29 is 9.53 Å². The molecule has 100 valence electrons. The van der Waals surface area contributed by atoms with Crippen molar-refractivity contribution in [2.45, 2.75) is 33.2 Å². The van der Waals surface area contributed by atoms with Crippen molar-refractivity contribution in [1.82, 2.24) is 4.98 Å². The molecule has 4 nitrogen and oxygen atoms in total. The summed E-state index contributed by atoms with van der Waals surface area (Å²) in [4.78, 5) is 17.8. The van der Waals surface area contributed by atoms with Gasteiger partial charge in [0.1, 0.15) is 5.82 Å². The minimum atomic E-state index is 0.0426. The molecule has 0 spiro atoms. The van der Waals surface area contributed by atoms with Crippen LogP contribution in [0.5, 0.6) is 0 Å². The maximum Gasteiger partial charge on any atom is 0.161 e. The molecule has 0 aliphatic heterocycles. The molecule has 0 bridgehead atoms. The predicted molar refractivity (Wildman–Crippen MR) is 73.2 cm³/mol. The summed E-state index contributed by atoms with van der Waals surface area (Å²) in [6, 6.07) is 4.13. The van der Waals surface area contributed by atoms with Crippen LogP contribution in [0.25, 0.3) is 0 Å². The summed E-state index contributed by atoms with van der Waals surface area (Å²) >= 11 is 0. The van der Waals surface area contributed by atoms with E-state index in [2.05, 4.69) is 23.7 Å². The summed E-state index contributed by atoms with van der Waals surface area (Å²) in [5.41, 5.74) is 0.648. The highest BCUT2D eigenvalue weighted by Gasteiger charge is 2.14. The van der Waals surface area contributed by atoms with Gasteiger partial charge in [0.15, 0.2) is 5.78 Å². The number of carbonyl (C=O) groups excluding carboxylic acids is 1. The molecule has 0 aliphatic carbocycles. The van der Waals surface area contributed by atoms with Gasteiger partial charge in [0.2, 0.25) is 0 Å². The Labute approximate surface area is 109 Å². The highest BCUT2D eigenvalue weighted by Crippen LogP contribution is 2.16. The Balaban J connectivity index is 2.87. The second kappa shape index (κ2) is 7.11. The lowest BCUT2D eigenvalue weighted by molar-refractivity contribution is 0.101. The van der Waals surface area contributed by atoms with Crippen LogP contribution in [-0.4, -0.2) is 37.1 Å². The van der Waals surface area contributed by atoms with Crippen LogP contribution in [0.15, 0.2) is 18.3 Å². The summed E-state index contributed by atoms with van der Waals surface area (Å²) in [6.45, 7) is 7.33. The van der Waals surface area contributed by atoms with Gasteiger partial charge in [-0.3, -0.25) is 4.79 Å². The number of hydrogen-bond donors (Lipinski definition) is 0. The number of methoxy groups -OCH3 is 1. The van der Waals surface area contributed by atoms with Crippen molar-refractivity contribution in [3.8, 4) is 0 Å². The maximum atomic E-state index is 11.2. The minimum absolute atomic E-state index is 0.0426. The summed E-state index contributed by atoms with van der Waals surface area (Å²) in [5.74, 6) is 0.937. The Kier molecular flexibility index (Phi) is 5.78. The Morgan fingerprint density at radius 3 is 2.67 bits per heavy atom. The molecule has 0 aromatic carbocycles. The molecule has 0 aliphatic rings. The third-order valence-corrected chi connectivity index (χ3v) is 3.11. The van der Waals surface area contributed by atoms with Crippen LogP contribution in [0.4, 0.5) is 5.82 Å². The van der Waals surface area contributed by atoms with E-state index in [0.717, 1.165) is 18.8 Å². The molecule has 1 aromatic heterocycles. The Morgan fingerprint density at radius 1 is 1.50 bits per heavy atom. The molecule has 0 saturated heterocycles. The van der Waals surface area contributed by atoms with Crippen LogP contribution in [0.3, 0.4) is 0 Å². The first kappa shape index (κ1) is 14.6. The quantitative estimate of drug-likeness (QED) is 0.697. The average molecular weight is 250 g/mol. The van der Waals surface area contributed by atoms with Crippen LogP contribution in [0.2, 0.25) is 0 Å². The lowest BCUT2D eigenvalue weighted by atomic mass is 10.2. The zero-order valence-corrected chi connectivity index (χ0v) is 11.6. The third-order valence-electron chi connectivity index (χ3n) is 3.11. The molecule has 0 saturated carbocycles. The second-order valence-electron chi connectivity index (χ2n) is 4.40. The van der Waals surface area contributed by atoms with E-state index >= 15 is 0 Å². The van der Waals surface area contributed by atoms with E-state index in [0.29, 0.717) is 18.2 Å². The van der Waals surface area contributed by atoms with Crippen molar-refractivity contribution in [3.05, 3.63) is 23.9 Å². The average Bonchev–Trinajstić information content (AvgIpc) is 2.39. The number of Topliss-reactive ketones (excluding diaryl/α,β-unsaturated/α-hetero) is 1. The van der Waals surface area contributed by atoms with Gasteiger partial charge in [0.05, 0.1) is 6.61 Å². The summed E-state index contributed by atoms with van der Waals surface area (Å²) in [7, 11) is 1.70. The van der Waals surface area contributed by atoms with E-state index < -0.39 is 0 Å². The topological polar surface area (TPSA) is 42.4 Å². The van der Waals surface area contributed by atoms with E-state index in [1.807, 2.05) is 12.1 Å². The van der Waals surface area contributed by atoms with Gasteiger partial charge >= 0.3 is 0 Å². The highest BCUT2D eigenvalue weighted by molar-refractivity contribution is 5.93. The molecule has 4 heteroatoms. The first-order valence-corrected chi connectivity index (χ1v) is 6.32. The highest BCUT2D eigenvalue weighted by atomic mass is 16.5. The number of nitrogens with zero attached hydrogens (tertiary/aromatic N) is 2. The Hall–Kier alpha value is -1.42. The van der Waals surface area contributed by atoms with Crippen LogP contribution in [-0.2, 0) is 4.74 Å². The fourth-order valence-corrected chi connectivity index (χ4v) is 1.73. The van der Waals surface area contributed by atoms with Crippen LogP contribution < -0.4 is 4.90 Å². The summed E-state index contributed by atoms with van der Waals surface area (Å²) in [6.07, 6.45) is 2.68. The largest absolute Gasteiger partial charge is 0.383 e. The van der Waals surface area contributed by atoms with E-state index in [9.17, 15) is 4.79 Å². The second-order valence-corrected chi connectivity index (χ2v) is 4.40. The first-order valence-electron chi connectivity index (χ1n) is 6.32. The van der Waals surface area contributed by atoms with Crippen molar-refractivity contribution in [1.29, 1.82) is 0 Å². The molecular weight excluding hydrogens is 228 g/mol. The van der Waals surface area contributed by atoms with E-state index in [1.54, 1.807) is 20.2 Å². The van der Waals surface area contributed by atoms with Crippen molar-refractivity contribution in [3.63, 3.8) is 0 Å². The van der Waals surface area contributed by atoms with Gasteiger partial charge in [-0.25, -0.2) is 4.98 Å². The number of hydrogen-bond acceptors (Lipinski definition) is 4. The van der Waals surface area contributed by atoms with Gasteiger partial charge in [0, 0.05) is 31.5 Å². The fraction of sp³-hybridized carbons (Fsp3) is 0.571. The fourth-order valence-electron chi connectivity index (χ4n) is 1.73. The van der Waals surface area contributed by atoms with Gasteiger partial charge in [-0.15, -0.1) is 0 Å². The zero-order valence-electron chi connectivity index (χ0n) is 11.6. The van der Waals surface area contributed by atoms with E-state index in [-0.39, 0.29) is 5.78 Å². The van der Waals surface area contributed by atoms with Gasteiger partial charge in [-0.2, -0.15) is 0 Å². The predicted octanol–water partition coefficient (Wildman–Crippen LogP) is 2.54. The summed E-state index contributed by atoms with van der Waals surface area (Å²) < 4.78 is 5.13. The molecule has 1 atom stereocenters. The third kappa shape index (κ3) is 3.81. The normalized spacial score (nSPS) is 12.2. The molecule has 0 fully saturated rings. The molecule has 1 unspecified atom stereocenters. The molecule has 0 N–H and O–H groups in total. The number of ketones is 1. The van der Waals surface area contributed by atoms with Crippen molar-refractivity contribution >= 4 is 11.6 Å². The molecule has 1 rings (SSSR count). The van der Waals surface area contributed by atoms with Gasteiger partial charge in [-0.1, -0.05) is 6.92 Å². The number of ether oxygens (including phenoxy) is 1. The Bertz CT molecular complexity index is 376. The van der Waals surface area contributed by atoms with Gasteiger partial charge in [0.25, 0.3) is 0 Å². The van der Waals surface area contributed by atoms with Crippen LogP contribution in [0, 0.1) is 0 Å². The lowest BCUT2D eigenvalue weighted by Crippen LogP contribution is -2.36. The van der Waals surface area contributed by atoms with Gasteiger partial charge < -0.3 is 9.64 Å². The van der Waals surface area contributed by atoms with E-state index in [1.165, 1.54) is 0 Å². The first-order chi connectivity index (χ1) is 8.60. The molecule has 0 amide bonds. The molecule has 1 heterocycles. The Morgan fingerprint density at radius 2 is 2.22 bits per heavy atom. The number of carbonyl (C=O) groups is 1. The number of anilines is 1. The van der Waals surface area contributed by atoms with Crippen molar-refractivity contribution in [2.24, 2.45) is 0 Å². The molecule has 1 aromatic rings. The van der Waals surface area contributed by atoms with E-state index in [4.69, 9.17) is 4.74 Å². The van der Waals surface area contributed by atoms with Gasteiger partial charge in [-0.05, 0) is 32.4 Å². The molecule has 0 radical (unpaired) electrons. The van der Waals surface area contributed by atoms with Crippen LogP contribution in [0.1, 0.15) is 37.6 Å². The monoisotopic (exact) mass is 250 g/mol. The SMILES string of the molecule is CCC(C)N(CCOC)c1ccc(C(C)=O)cn1. The smallest absolute Gasteiger partial charge is 0.161 e. The standard InChI is InChI=1S/C14H22N2O2/c1-5-11(2)16(8-9-18-4)14-7-6-13(10-15-14)12(3)17/h6-7,10-11H,5,8-9H2,1-4H3. The van der Waals surface area contributed by atoms with Crippen LogP contribution >= 0.6 is 0 Å². The summed E-state index contributed by atoms with van der Waals surface area (Å²) in [5, 5.41) is 0. The number of pyridine rings is 1. The maximum absolute atomic E-state index is 11.2. The molecular formula is C14H22N2O2. The van der Waals surface area contributed by atoms with Crippen molar-refractivity contribution in [2.75, 3.05) is 25.2 Å². The minimum Gasteiger partial charge on any atom is -0.383 e. The lowest BCUT2D eigenvalue weighted by Gasteiger charge is -2.29. The number of aromatic nitrogens is 1. The zero-order chi connectivity index (χ0) is 13.5. The number of rotatable bonds is 7. The molecule has 18 heavy (non-hydrogen) atoms.